The number of hydrogen-bond acceptors (Lipinski definition) is 5. The molecule has 1 rings (SSSR count). The molecule has 0 aliphatic rings. The molecular formula is C13H20N4O3. The first-order chi connectivity index (χ1) is 9.67. The summed E-state index contributed by atoms with van der Waals surface area (Å²) in [4.78, 5) is 27.3. The number of nitrogens with zero attached hydrogens (tertiary/aromatic N) is 1. The molecule has 0 aliphatic heterocycles. The number of carbonyl (C=O) groups excluding carboxylic acids is 2. The normalized spacial score (nSPS) is 9.90. The van der Waals surface area contributed by atoms with Crippen molar-refractivity contribution in [3.63, 3.8) is 0 Å². The van der Waals surface area contributed by atoms with Crippen LogP contribution < -0.4 is 16.0 Å². The van der Waals surface area contributed by atoms with Gasteiger partial charge in [-0.3, -0.25) is 9.59 Å². The molecule has 7 heteroatoms. The van der Waals surface area contributed by atoms with E-state index in [1.54, 1.807) is 32.4 Å². The van der Waals surface area contributed by atoms with Crippen LogP contribution in [0.25, 0.3) is 0 Å². The lowest BCUT2D eigenvalue weighted by Crippen LogP contribution is -2.32. The number of hydrogen-bond donors (Lipinski definition) is 3. The first-order valence-corrected chi connectivity index (χ1v) is 6.36. The fourth-order valence-corrected chi connectivity index (χ4v) is 1.46. The van der Waals surface area contributed by atoms with Crippen LogP contribution in [0.1, 0.15) is 16.9 Å². The lowest BCUT2D eigenvalue weighted by Gasteiger charge is -2.07. The Bertz CT molecular complexity index is 451. The van der Waals surface area contributed by atoms with Gasteiger partial charge in [-0.15, -0.1) is 0 Å². The second-order valence-electron chi connectivity index (χ2n) is 4.01. The van der Waals surface area contributed by atoms with Gasteiger partial charge >= 0.3 is 0 Å². The molecule has 20 heavy (non-hydrogen) atoms. The highest BCUT2D eigenvalue weighted by atomic mass is 16.5. The molecule has 7 nitrogen and oxygen atoms in total. The highest BCUT2D eigenvalue weighted by molar-refractivity contribution is 5.92. The largest absolute Gasteiger partial charge is 0.383 e. The minimum atomic E-state index is -0.299. The average Bonchev–Trinajstić information content (AvgIpc) is 2.47. The Balaban J connectivity index is 2.30. The van der Waals surface area contributed by atoms with Gasteiger partial charge in [-0.1, -0.05) is 6.07 Å². The van der Waals surface area contributed by atoms with Crippen molar-refractivity contribution in [3.05, 3.63) is 23.9 Å². The van der Waals surface area contributed by atoms with Crippen LogP contribution in [0.3, 0.4) is 0 Å². The summed E-state index contributed by atoms with van der Waals surface area (Å²) in [5.41, 5.74) is 0.316. The zero-order valence-electron chi connectivity index (χ0n) is 11.7. The molecule has 110 valence electrons. The van der Waals surface area contributed by atoms with Crippen LogP contribution >= 0.6 is 0 Å². The van der Waals surface area contributed by atoms with Crippen LogP contribution in [0.2, 0.25) is 0 Å². The van der Waals surface area contributed by atoms with Crippen LogP contribution in [-0.2, 0) is 9.53 Å². The third-order valence-corrected chi connectivity index (χ3v) is 2.50. The van der Waals surface area contributed by atoms with Gasteiger partial charge in [-0.2, -0.15) is 0 Å². The molecular weight excluding hydrogens is 260 g/mol. The smallest absolute Gasteiger partial charge is 0.269 e. The quantitative estimate of drug-likeness (QED) is 0.583. The molecule has 3 N–H and O–H groups in total. The molecule has 0 bridgehead atoms. The first kappa shape index (κ1) is 15.9. The standard InChI is InChI=1S/C13H20N4O3/c1-14-11-5-3-4-10(17-11)13(19)16-7-6-12(18)15-8-9-20-2/h3-5H,6-9H2,1-2H3,(H,14,17)(H,15,18)(H,16,19). The summed E-state index contributed by atoms with van der Waals surface area (Å²) in [5, 5.41) is 8.18. The van der Waals surface area contributed by atoms with Gasteiger partial charge in [0.25, 0.3) is 5.91 Å². The van der Waals surface area contributed by atoms with E-state index in [0.717, 1.165) is 0 Å². The monoisotopic (exact) mass is 280 g/mol. The van der Waals surface area contributed by atoms with E-state index < -0.39 is 0 Å². The summed E-state index contributed by atoms with van der Waals surface area (Å²) in [5.74, 6) is 0.195. The van der Waals surface area contributed by atoms with Crippen LogP contribution in [0.15, 0.2) is 18.2 Å². The Morgan fingerprint density at radius 1 is 1.25 bits per heavy atom. The Morgan fingerprint density at radius 2 is 2.05 bits per heavy atom. The summed E-state index contributed by atoms with van der Waals surface area (Å²) in [6.45, 7) is 1.21. The second kappa shape index (κ2) is 8.87. The minimum absolute atomic E-state index is 0.126. The predicted octanol–water partition coefficient (Wildman–Crippen LogP) is 0.00580. The zero-order valence-corrected chi connectivity index (χ0v) is 11.7. The third kappa shape index (κ3) is 5.66. The molecule has 0 aliphatic carbocycles. The molecule has 0 spiro atoms. The van der Waals surface area contributed by atoms with E-state index in [1.807, 2.05) is 0 Å². The molecule has 0 saturated carbocycles. The Kier molecular flexibility index (Phi) is 7.05. The van der Waals surface area contributed by atoms with Crippen LogP contribution in [-0.4, -0.2) is 50.7 Å². The number of anilines is 1. The molecule has 2 amide bonds. The third-order valence-electron chi connectivity index (χ3n) is 2.50. The maximum Gasteiger partial charge on any atom is 0.269 e. The molecule has 0 aromatic carbocycles. The summed E-state index contributed by atoms with van der Waals surface area (Å²) >= 11 is 0. The summed E-state index contributed by atoms with van der Waals surface area (Å²) in [6, 6.07) is 5.13. The number of carbonyl (C=O) groups is 2. The van der Waals surface area contributed by atoms with Crippen molar-refractivity contribution < 1.29 is 14.3 Å². The second-order valence-corrected chi connectivity index (χ2v) is 4.01. The van der Waals surface area contributed by atoms with E-state index in [2.05, 4.69) is 20.9 Å². The summed E-state index contributed by atoms with van der Waals surface area (Å²) in [7, 11) is 3.30. The average molecular weight is 280 g/mol. The van der Waals surface area contributed by atoms with Crippen molar-refractivity contribution in [1.82, 2.24) is 15.6 Å². The van der Waals surface area contributed by atoms with E-state index in [4.69, 9.17) is 4.74 Å². The fourth-order valence-electron chi connectivity index (χ4n) is 1.46. The molecule has 0 unspecified atom stereocenters. The van der Waals surface area contributed by atoms with Crippen molar-refractivity contribution in [2.75, 3.05) is 39.2 Å². The number of rotatable bonds is 8. The van der Waals surface area contributed by atoms with Gasteiger partial charge in [-0.05, 0) is 12.1 Å². The molecule has 0 radical (unpaired) electrons. The van der Waals surface area contributed by atoms with Crippen molar-refractivity contribution in [2.45, 2.75) is 6.42 Å². The number of methoxy groups -OCH3 is 1. The maximum absolute atomic E-state index is 11.8. The molecule has 1 heterocycles. The van der Waals surface area contributed by atoms with Gasteiger partial charge in [-0.25, -0.2) is 4.98 Å². The first-order valence-electron chi connectivity index (χ1n) is 6.36. The van der Waals surface area contributed by atoms with Crippen molar-refractivity contribution in [1.29, 1.82) is 0 Å². The molecule has 0 fully saturated rings. The highest BCUT2D eigenvalue weighted by Gasteiger charge is 2.08. The van der Waals surface area contributed by atoms with Crippen molar-refractivity contribution in [2.24, 2.45) is 0 Å². The Labute approximate surface area is 118 Å². The number of ether oxygens (including phenoxy) is 1. The van der Waals surface area contributed by atoms with Gasteiger partial charge in [0.05, 0.1) is 6.61 Å². The van der Waals surface area contributed by atoms with E-state index in [1.165, 1.54) is 0 Å². The van der Waals surface area contributed by atoms with Gasteiger partial charge in [0, 0.05) is 33.7 Å². The summed E-state index contributed by atoms with van der Waals surface area (Å²) in [6.07, 6.45) is 0.223. The van der Waals surface area contributed by atoms with Crippen LogP contribution in [0, 0.1) is 0 Å². The highest BCUT2D eigenvalue weighted by Crippen LogP contribution is 2.03. The van der Waals surface area contributed by atoms with E-state index >= 15 is 0 Å². The number of nitrogens with one attached hydrogen (secondary N) is 3. The SMILES string of the molecule is CNc1cccc(C(=O)NCCC(=O)NCCOC)n1. The fraction of sp³-hybridized carbons (Fsp3) is 0.462. The summed E-state index contributed by atoms with van der Waals surface area (Å²) < 4.78 is 4.82. The molecule has 1 aromatic heterocycles. The number of pyridine rings is 1. The minimum Gasteiger partial charge on any atom is -0.383 e. The van der Waals surface area contributed by atoms with Crippen molar-refractivity contribution in [3.8, 4) is 0 Å². The molecule has 0 saturated heterocycles. The van der Waals surface area contributed by atoms with Crippen LogP contribution in [0.5, 0.6) is 0 Å². The zero-order chi connectivity index (χ0) is 14.8. The Hall–Kier alpha value is -2.15. The maximum atomic E-state index is 11.8. The van der Waals surface area contributed by atoms with Gasteiger partial charge < -0.3 is 20.7 Å². The topological polar surface area (TPSA) is 92.4 Å². The molecule has 0 atom stereocenters. The lowest BCUT2D eigenvalue weighted by molar-refractivity contribution is -0.121. The van der Waals surface area contributed by atoms with Crippen LogP contribution in [0.4, 0.5) is 5.82 Å². The Morgan fingerprint density at radius 3 is 2.75 bits per heavy atom. The number of aromatic nitrogens is 1. The van der Waals surface area contributed by atoms with Gasteiger partial charge in [0.15, 0.2) is 0 Å². The van der Waals surface area contributed by atoms with E-state index in [-0.39, 0.29) is 24.8 Å². The lowest BCUT2D eigenvalue weighted by atomic mass is 10.3. The van der Waals surface area contributed by atoms with Crippen molar-refractivity contribution >= 4 is 17.6 Å². The predicted molar refractivity (Wildman–Crippen MR) is 75.6 cm³/mol. The van der Waals surface area contributed by atoms with E-state index in [0.29, 0.717) is 24.7 Å². The van der Waals surface area contributed by atoms with Gasteiger partial charge in [0.2, 0.25) is 5.91 Å². The van der Waals surface area contributed by atoms with Gasteiger partial charge in [0.1, 0.15) is 11.5 Å². The van der Waals surface area contributed by atoms with E-state index in [9.17, 15) is 9.59 Å². The molecule has 1 aromatic rings. The number of amides is 2.